The van der Waals surface area contributed by atoms with Crippen molar-refractivity contribution in [3.05, 3.63) is 48.0 Å². The van der Waals surface area contributed by atoms with Crippen LogP contribution in [-0.4, -0.2) is 36.0 Å². The van der Waals surface area contributed by atoms with Gasteiger partial charge in [0.05, 0.1) is 23.5 Å². The molecule has 0 amide bonds. The number of ether oxygens (including phenoxy) is 2. The molecule has 0 atom stereocenters. The zero-order chi connectivity index (χ0) is 17.6. The van der Waals surface area contributed by atoms with E-state index in [2.05, 4.69) is 15.5 Å². The number of benzene rings is 2. The topological polar surface area (TPSA) is 93.0 Å². The number of para-hydroxylation sites is 1. The van der Waals surface area contributed by atoms with Crippen LogP contribution in [0.2, 0.25) is 0 Å². The summed E-state index contributed by atoms with van der Waals surface area (Å²) in [4.78, 5) is 15.0. The van der Waals surface area contributed by atoms with Crippen LogP contribution in [0.5, 0.6) is 11.5 Å². The smallest absolute Gasteiger partial charge is 0.341 e. The molecule has 0 spiro atoms. The third kappa shape index (κ3) is 4.24. The number of nitrogens with zero attached hydrogens (tertiary/aromatic N) is 2. The lowest BCUT2D eigenvalue weighted by Crippen LogP contribution is -2.10. The highest BCUT2D eigenvalue weighted by Gasteiger charge is 2.07. The van der Waals surface area contributed by atoms with E-state index in [0.29, 0.717) is 16.6 Å². The van der Waals surface area contributed by atoms with E-state index in [9.17, 15) is 4.79 Å². The number of aliphatic carboxylic acids is 1. The van der Waals surface area contributed by atoms with Gasteiger partial charge in [-0.05, 0) is 35.9 Å². The molecule has 2 N–H and O–H groups in total. The molecule has 8 heteroatoms. The Bertz CT molecular complexity index is 890. The fourth-order valence-corrected chi connectivity index (χ4v) is 2.92. The Labute approximate surface area is 147 Å². The monoisotopic (exact) mass is 357 g/mol. The normalized spacial score (nSPS) is 10.9. The zero-order valence-electron chi connectivity index (χ0n) is 13.3. The number of nitrogens with one attached hydrogen (secondary N) is 1. The second-order valence-corrected chi connectivity index (χ2v) is 5.98. The predicted octanol–water partition coefficient (Wildman–Crippen LogP) is 3.21. The SMILES string of the molecule is COc1cc(C=NNc2nc3ccccc3s2)ccc1OCC(=O)O. The summed E-state index contributed by atoms with van der Waals surface area (Å²) in [7, 11) is 1.49. The number of hydrazone groups is 1. The number of fused-ring (bicyclic) bond motifs is 1. The van der Waals surface area contributed by atoms with Crippen molar-refractivity contribution in [1.29, 1.82) is 0 Å². The first-order valence-electron chi connectivity index (χ1n) is 7.33. The first kappa shape index (κ1) is 16.7. The standard InChI is InChI=1S/C17H15N3O4S/c1-23-14-8-11(6-7-13(14)24-10-16(21)22)9-18-20-17-19-12-4-2-3-5-15(12)25-17/h2-9H,10H2,1H3,(H,19,20)(H,21,22). The number of carboxylic acid groups (broad SMARTS) is 1. The molecule has 0 unspecified atom stereocenters. The summed E-state index contributed by atoms with van der Waals surface area (Å²) in [5.74, 6) is -0.251. The van der Waals surface area contributed by atoms with E-state index >= 15 is 0 Å². The minimum atomic E-state index is -1.05. The van der Waals surface area contributed by atoms with Gasteiger partial charge in [-0.2, -0.15) is 5.10 Å². The maximum absolute atomic E-state index is 10.6. The average Bonchev–Trinajstić information content (AvgIpc) is 3.03. The first-order chi connectivity index (χ1) is 12.2. The largest absolute Gasteiger partial charge is 0.493 e. The van der Waals surface area contributed by atoms with Gasteiger partial charge >= 0.3 is 5.97 Å². The van der Waals surface area contributed by atoms with Crippen LogP contribution >= 0.6 is 11.3 Å². The van der Waals surface area contributed by atoms with Gasteiger partial charge in [0.2, 0.25) is 5.13 Å². The molecule has 0 bridgehead atoms. The Balaban J connectivity index is 1.69. The van der Waals surface area contributed by atoms with Crippen molar-refractivity contribution in [1.82, 2.24) is 4.98 Å². The number of carboxylic acids is 1. The molecule has 7 nitrogen and oxygen atoms in total. The molecule has 0 saturated heterocycles. The van der Waals surface area contributed by atoms with Crippen LogP contribution in [-0.2, 0) is 4.79 Å². The lowest BCUT2D eigenvalue weighted by atomic mass is 10.2. The second kappa shape index (κ2) is 7.63. The van der Waals surface area contributed by atoms with E-state index in [4.69, 9.17) is 14.6 Å². The Hall–Kier alpha value is -3.13. The number of methoxy groups -OCH3 is 1. The third-order valence-corrected chi connectivity index (χ3v) is 4.15. The zero-order valence-corrected chi connectivity index (χ0v) is 14.1. The summed E-state index contributed by atoms with van der Waals surface area (Å²) >= 11 is 1.52. The number of anilines is 1. The average molecular weight is 357 g/mol. The molecule has 0 saturated carbocycles. The van der Waals surface area contributed by atoms with Gasteiger partial charge in [0.25, 0.3) is 0 Å². The number of hydrogen-bond acceptors (Lipinski definition) is 7. The minimum absolute atomic E-state index is 0.362. The van der Waals surface area contributed by atoms with Crippen LogP contribution < -0.4 is 14.9 Å². The van der Waals surface area contributed by atoms with Crippen molar-refractivity contribution < 1.29 is 19.4 Å². The van der Waals surface area contributed by atoms with Gasteiger partial charge in [0, 0.05) is 0 Å². The summed E-state index contributed by atoms with van der Waals surface area (Å²) in [6.07, 6.45) is 1.62. The quantitative estimate of drug-likeness (QED) is 0.498. The highest BCUT2D eigenvalue weighted by Crippen LogP contribution is 2.28. The van der Waals surface area contributed by atoms with Gasteiger partial charge < -0.3 is 14.6 Å². The van der Waals surface area contributed by atoms with E-state index in [1.165, 1.54) is 18.4 Å². The molecule has 0 aliphatic rings. The number of rotatable bonds is 7. The summed E-state index contributed by atoms with van der Waals surface area (Å²) in [5.41, 5.74) is 4.60. The fraction of sp³-hybridized carbons (Fsp3) is 0.118. The van der Waals surface area contributed by atoms with Gasteiger partial charge in [-0.15, -0.1) is 0 Å². The molecular formula is C17H15N3O4S. The lowest BCUT2D eigenvalue weighted by Gasteiger charge is -2.09. The Kier molecular flexibility index (Phi) is 5.10. The van der Waals surface area contributed by atoms with E-state index < -0.39 is 12.6 Å². The first-order valence-corrected chi connectivity index (χ1v) is 8.14. The Morgan fingerprint density at radius 3 is 2.92 bits per heavy atom. The summed E-state index contributed by atoms with van der Waals surface area (Å²) in [6.45, 7) is -0.428. The van der Waals surface area contributed by atoms with Crippen LogP contribution in [0, 0.1) is 0 Å². The van der Waals surface area contributed by atoms with E-state index in [-0.39, 0.29) is 0 Å². The van der Waals surface area contributed by atoms with Crippen LogP contribution in [0.4, 0.5) is 5.13 Å². The predicted molar refractivity (Wildman–Crippen MR) is 97.0 cm³/mol. The van der Waals surface area contributed by atoms with Crippen LogP contribution in [0.15, 0.2) is 47.6 Å². The summed E-state index contributed by atoms with van der Waals surface area (Å²) in [5, 5.41) is 13.5. The van der Waals surface area contributed by atoms with Crippen LogP contribution in [0.3, 0.4) is 0 Å². The molecule has 0 aliphatic carbocycles. The molecule has 25 heavy (non-hydrogen) atoms. The maximum Gasteiger partial charge on any atom is 0.341 e. The van der Waals surface area contributed by atoms with Gasteiger partial charge in [0.1, 0.15) is 0 Å². The van der Waals surface area contributed by atoms with Crippen molar-refractivity contribution in [2.75, 3.05) is 19.1 Å². The van der Waals surface area contributed by atoms with Gasteiger partial charge in [-0.3, -0.25) is 5.43 Å². The number of carbonyl (C=O) groups is 1. The van der Waals surface area contributed by atoms with Gasteiger partial charge in [-0.1, -0.05) is 23.5 Å². The molecule has 128 valence electrons. The fourth-order valence-electron chi connectivity index (χ4n) is 2.11. The lowest BCUT2D eigenvalue weighted by molar-refractivity contribution is -0.139. The van der Waals surface area contributed by atoms with Crippen molar-refractivity contribution in [3.8, 4) is 11.5 Å². The molecule has 3 rings (SSSR count). The summed E-state index contributed by atoms with van der Waals surface area (Å²) in [6, 6.07) is 13.0. The number of aromatic nitrogens is 1. The highest BCUT2D eigenvalue weighted by atomic mass is 32.1. The molecule has 1 heterocycles. The molecule has 2 aromatic carbocycles. The third-order valence-electron chi connectivity index (χ3n) is 3.21. The Morgan fingerprint density at radius 2 is 2.16 bits per heavy atom. The van der Waals surface area contributed by atoms with Crippen molar-refractivity contribution in [3.63, 3.8) is 0 Å². The highest BCUT2D eigenvalue weighted by molar-refractivity contribution is 7.22. The molecular weight excluding hydrogens is 342 g/mol. The molecule has 0 aliphatic heterocycles. The van der Waals surface area contributed by atoms with Crippen molar-refractivity contribution in [2.24, 2.45) is 5.10 Å². The molecule has 0 fully saturated rings. The molecule has 0 radical (unpaired) electrons. The Morgan fingerprint density at radius 1 is 1.32 bits per heavy atom. The molecule has 1 aromatic heterocycles. The minimum Gasteiger partial charge on any atom is -0.493 e. The molecule has 3 aromatic rings. The van der Waals surface area contributed by atoms with Crippen LogP contribution in [0.25, 0.3) is 10.2 Å². The van der Waals surface area contributed by atoms with Crippen LogP contribution in [0.1, 0.15) is 5.56 Å². The van der Waals surface area contributed by atoms with Gasteiger partial charge in [0.15, 0.2) is 18.1 Å². The van der Waals surface area contributed by atoms with Crippen molar-refractivity contribution in [2.45, 2.75) is 0 Å². The second-order valence-electron chi connectivity index (χ2n) is 4.95. The van der Waals surface area contributed by atoms with E-state index in [0.717, 1.165) is 15.8 Å². The van der Waals surface area contributed by atoms with Crippen molar-refractivity contribution >= 4 is 38.9 Å². The number of thiazole rings is 1. The number of hydrogen-bond donors (Lipinski definition) is 2. The van der Waals surface area contributed by atoms with E-state index in [1.54, 1.807) is 24.4 Å². The van der Waals surface area contributed by atoms with Gasteiger partial charge in [-0.25, -0.2) is 9.78 Å². The maximum atomic E-state index is 10.6. The van der Waals surface area contributed by atoms with E-state index in [1.807, 2.05) is 24.3 Å². The summed E-state index contributed by atoms with van der Waals surface area (Å²) < 4.78 is 11.5.